The first-order valence-electron chi connectivity index (χ1n) is 8.17. The average Bonchev–Trinajstić information content (AvgIpc) is 2.95. The van der Waals surface area contributed by atoms with Gasteiger partial charge in [-0.3, -0.25) is 4.79 Å². The lowest BCUT2D eigenvalue weighted by atomic mass is 9.82. The summed E-state index contributed by atoms with van der Waals surface area (Å²) in [6, 6.07) is 10.1. The molecule has 0 spiro atoms. The summed E-state index contributed by atoms with van der Waals surface area (Å²) in [5.41, 5.74) is 7.68. The number of carbonyl (C=O) groups excluding carboxylic acids is 1. The van der Waals surface area contributed by atoms with Crippen LogP contribution in [0.15, 0.2) is 30.3 Å². The standard InChI is InChI=1S/C18H23N3OS.ClH/c1-13-15(23-16(21-13)14-8-4-2-5-9-14)12-20-17(22)18(19)10-6-3-7-11-18;/h2,4-5,8-9H,3,6-7,10-12,19H2,1H3,(H,20,22);1H. The maximum absolute atomic E-state index is 12.4. The molecule has 1 aliphatic rings. The number of nitrogens with two attached hydrogens (primary N) is 1. The fourth-order valence-electron chi connectivity index (χ4n) is 3.04. The number of hydrogen-bond acceptors (Lipinski definition) is 4. The van der Waals surface area contributed by atoms with Crippen molar-refractivity contribution in [1.29, 1.82) is 0 Å². The largest absolute Gasteiger partial charge is 0.350 e. The molecular formula is C18H24ClN3OS. The fraction of sp³-hybridized carbons (Fsp3) is 0.444. The summed E-state index contributed by atoms with van der Waals surface area (Å²) in [6.07, 6.45) is 4.84. The molecule has 1 heterocycles. The monoisotopic (exact) mass is 365 g/mol. The first kappa shape index (κ1) is 18.9. The normalized spacial score (nSPS) is 16.2. The number of halogens is 1. The van der Waals surface area contributed by atoms with Gasteiger partial charge in [0.25, 0.3) is 0 Å². The summed E-state index contributed by atoms with van der Waals surface area (Å²) in [7, 11) is 0. The zero-order chi connectivity index (χ0) is 16.3. The van der Waals surface area contributed by atoms with E-state index < -0.39 is 5.54 Å². The summed E-state index contributed by atoms with van der Waals surface area (Å²) < 4.78 is 0. The van der Waals surface area contributed by atoms with Crippen LogP contribution in [0.5, 0.6) is 0 Å². The van der Waals surface area contributed by atoms with Crippen LogP contribution in [0.25, 0.3) is 10.6 Å². The molecule has 0 radical (unpaired) electrons. The predicted molar refractivity (Wildman–Crippen MR) is 101 cm³/mol. The third kappa shape index (κ3) is 4.15. The van der Waals surface area contributed by atoms with Crippen molar-refractivity contribution < 1.29 is 4.79 Å². The molecule has 1 aliphatic carbocycles. The van der Waals surface area contributed by atoms with Gasteiger partial charge in [0.15, 0.2) is 0 Å². The van der Waals surface area contributed by atoms with Crippen molar-refractivity contribution in [2.75, 3.05) is 0 Å². The number of thiazole rings is 1. The van der Waals surface area contributed by atoms with Crippen LogP contribution < -0.4 is 11.1 Å². The summed E-state index contributed by atoms with van der Waals surface area (Å²) >= 11 is 1.63. The van der Waals surface area contributed by atoms with Gasteiger partial charge < -0.3 is 11.1 Å². The van der Waals surface area contributed by atoms with E-state index in [0.717, 1.165) is 46.8 Å². The number of carbonyl (C=O) groups is 1. The van der Waals surface area contributed by atoms with Crippen molar-refractivity contribution in [3.63, 3.8) is 0 Å². The van der Waals surface area contributed by atoms with E-state index in [1.807, 2.05) is 25.1 Å². The highest BCUT2D eigenvalue weighted by Crippen LogP contribution is 2.29. The van der Waals surface area contributed by atoms with Crippen LogP contribution in [-0.4, -0.2) is 16.4 Å². The van der Waals surface area contributed by atoms with E-state index in [1.165, 1.54) is 6.42 Å². The molecule has 1 aromatic carbocycles. The molecule has 1 saturated carbocycles. The third-order valence-corrected chi connectivity index (χ3v) is 5.73. The summed E-state index contributed by atoms with van der Waals surface area (Å²) in [5.74, 6) is -0.0220. The summed E-state index contributed by atoms with van der Waals surface area (Å²) in [4.78, 5) is 18.1. The zero-order valence-electron chi connectivity index (χ0n) is 13.9. The molecule has 24 heavy (non-hydrogen) atoms. The molecule has 3 N–H and O–H groups in total. The van der Waals surface area contributed by atoms with Gasteiger partial charge >= 0.3 is 0 Å². The van der Waals surface area contributed by atoms with E-state index in [4.69, 9.17) is 5.73 Å². The number of aryl methyl sites for hydroxylation is 1. The minimum atomic E-state index is -0.681. The molecule has 1 amide bonds. The highest BCUT2D eigenvalue weighted by molar-refractivity contribution is 7.15. The number of benzene rings is 1. The van der Waals surface area contributed by atoms with Gasteiger partial charge in [-0.25, -0.2) is 4.98 Å². The Morgan fingerprint density at radius 2 is 1.92 bits per heavy atom. The van der Waals surface area contributed by atoms with Gasteiger partial charge in [0.2, 0.25) is 5.91 Å². The number of aromatic nitrogens is 1. The van der Waals surface area contributed by atoms with Crippen molar-refractivity contribution >= 4 is 29.7 Å². The first-order valence-corrected chi connectivity index (χ1v) is 8.99. The Kier molecular flexibility index (Phi) is 6.38. The van der Waals surface area contributed by atoms with Crippen molar-refractivity contribution in [2.24, 2.45) is 5.73 Å². The van der Waals surface area contributed by atoms with Gasteiger partial charge in [-0.05, 0) is 19.8 Å². The number of nitrogens with one attached hydrogen (secondary N) is 1. The SMILES string of the molecule is Cc1nc(-c2ccccc2)sc1CNC(=O)C1(N)CCCCC1.Cl. The molecule has 0 saturated heterocycles. The van der Waals surface area contributed by atoms with Crippen LogP contribution >= 0.6 is 23.7 Å². The smallest absolute Gasteiger partial charge is 0.240 e. The van der Waals surface area contributed by atoms with E-state index in [2.05, 4.69) is 22.4 Å². The number of nitrogens with zero attached hydrogens (tertiary/aromatic N) is 1. The molecule has 1 fully saturated rings. The number of amides is 1. The second-order valence-electron chi connectivity index (χ2n) is 6.29. The summed E-state index contributed by atoms with van der Waals surface area (Å²) in [5, 5.41) is 4.01. The Morgan fingerprint density at radius 3 is 2.58 bits per heavy atom. The van der Waals surface area contributed by atoms with E-state index in [-0.39, 0.29) is 18.3 Å². The molecule has 3 rings (SSSR count). The molecule has 2 aromatic rings. The van der Waals surface area contributed by atoms with Gasteiger partial charge in [-0.15, -0.1) is 23.7 Å². The van der Waals surface area contributed by atoms with Gasteiger partial charge in [-0.2, -0.15) is 0 Å². The topological polar surface area (TPSA) is 68.0 Å². The molecule has 0 aliphatic heterocycles. The lowest BCUT2D eigenvalue weighted by Gasteiger charge is -2.31. The number of rotatable bonds is 4. The first-order chi connectivity index (χ1) is 11.1. The lowest BCUT2D eigenvalue weighted by Crippen LogP contribution is -2.54. The van der Waals surface area contributed by atoms with Crippen molar-refractivity contribution in [3.8, 4) is 10.6 Å². The van der Waals surface area contributed by atoms with E-state index in [9.17, 15) is 4.79 Å². The maximum Gasteiger partial charge on any atom is 0.240 e. The Labute approximate surface area is 153 Å². The Morgan fingerprint density at radius 1 is 1.25 bits per heavy atom. The third-order valence-electron chi connectivity index (χ3n) is 4.52. The summed E-state index contributed by atoms with van der Waals surface area (Å²) in [6.45, 7) is 2.50. The quantitative estimate of drug-likeness (QED) is 0.865. The highest BCUT2D eigenvalue weighted by atomic mass is 35.5. The van der Waals surface area contributed by atoms with Crippen LogP contribution in [0.3, 0.4) is 0 Å². The molecule has 130 valence electrons. The second kappa shape index (κ2) is 8.10. The Bertz CT molecular complexity index is 681. The van der Waals surface area contributed by atoms with E-state index in [0.29, 0.717) is 6.54 Å². The van der Waals surface area contributed by atoms with Crippen LogP contribution in [0, 0.1) is 6.92 Å². The van der Waals surface area contributed by atoms with Crippen molar-refractivity contribution in [1.82, 2.24) is 10.3 Å². The molecule has 0 unspecified atom stereocenters. The maximum atomic E-state index is 12.4. The van der Waals surface area contributed by atoms with Crippen LogP contribution in [0.2, 0.25) is 0 Å². The van der Waals surface area contributed by atoms with E-state index >= 15 is 0 Å². The molecular weight excluding hydrogens is 342 g/mol. The predicted octanol–water partition coefficient (Wildman–Crippen LogP) is 3.82. The van der Waals surface area contributed by atoms with Gasteiger partial charge in [0.05, 0.1) is 17.8 Å². The zero-order valence-corrected chi connectivity index (χ0v) is 15.5. The molecule has 0 bridgehead atoms. The van der Waals surface area contributed by atoms with Crippen LogP contribution in [0.1, 0.15) is 42.7 Å². The van der Waals surface area contributed by atoms with Gasteiger partial charge in [0, 0.05) is 10.4 Å². The Balaban J connectivity index is 0.00000208. The minimum Gasteiger partial charge on any atom is -0.350 e. The molecule has 0 atom stereocenters. The molecule has 1 aromatic heterocycles. The van der Waals surface area contributed by atoms with E-state index in [1.54, 1.807) is 11.3 Å². The van der Waals surface area contributed by atoms with Crippen LogP contribution in [-0.2, 0) is 11.3 Å². The fourth-order valence-corrected chi connectivity index (χ4v) is 4.05. The second-order valence-corrected chi connectivity index (χ2v) is 7.38. The highest BCUT2D eigenvalue weighted by Gasteiger charge is 2.35. The van der Waals surface area contributed by atoms with Gasteiger partial charge in [0.1, 0.15) is 5.01 Å². The lowest BCUT2D eigenvalue weighted by molar-refractivity contribution is -0.127. The van der Waals surface area contributed by atoms with Gasteiger partial charge in [-0.1, -0.05) is 49.6 Å². The minimum absolute atomic E-state index is 0. The molecule has 4 nitrogen and oxygen atoms in total. The number of hydrogen-bond donors (Lipinski definition) is 2. The van der Waals surface area contributed by atoms with Crippen molar-refractivity contribution in [3.05, 3.63) is 40.9 Å². The van der Waals surface area contributed by atoms with Crippen LogP contribution in [0.4, 0.5) is 0 Å². The Hall–Kier alpha value is -1.43. The average molecular weight is 366 g/mol. The van der Waals surface area contributed by atoms with Crippen molar-refractivity contribution in [2.45, 2.75) is 51.1 Å². The molecule has 6 heteroatoms.